The average molecular weight is 274 g/mol. The van der Waals surface area contributed by atoms with Crippen LogP contribution in [0.25, 0.3) is 0 Å². The van der Waals surface area contributed by atoms with Gasteiger partial charge in [-0.25, -0.2) is 4.79 Å². The molecule has 1 heterocycles. The first-order chi connectivity index (χ1) is 9.49. The van der Waals surface area contributed by atoms with Crippen molar-refractivity contribution in [3.05, 3.63) is 53.0 Å². The van der Waals surface area contributed by atoms with E-state index >= 15 is 0 Å². The van der Waals surface area contributed by atoms with Crippen molar-refractivity contribution in [2.45, 2.75) is 33.3 Å². The standard InChI is InChI=1S/C16H18O4/c1-10(2)12-5-4-11(3)14(8-12)20-9-15-13(16(17)18)6-7-19-15/h4-8,10H,9H2,1-3H3,(H,17,18). The average Bonchev–Trinajstić information content (AvgIpc) is 2.86. The molecular formula is C16H18O4. The van der Waals surface area contributed by atoms with Gasteiger partial charge in [-0.3, -0.25) is 0 Å². The molecule has 0 atom stereocenters. The van der Waals surface area contributed by atoms with E-state index in [2.05, 4.69) is 19.9 Å². The molecule has 0 unspecified atom stereocenters. The van der Waals surface area contributed by atoms with Crippen LogP contribution in [0.15, 0.2) is 34.9 Å². The number of aryl methyl sites for hydroxylation is 1. The molecule has 2 aromatic rings. The van der Waals surface area contributed by atoms with Gasteiger partial charge in [0.15, 0.2) is 5.76 Å². The number of carboxylic acid groups (broad SMARTS) is 1. The molecule has 4 nitrogen and oxygen atoms in total. The summed E-state index contributed by atoms with van der Waals surface area (Å²) < 4.78 is 10.9. The van der Waals surface area contributed by atoms with Crippen molar-refractivity contribution in [3.63, 3.8) is 0 Å². The Bertz CT molecular complexity index is 611. The molecule has 2 rings (SSSR count). The number of aromatic carboxylic acids is 1. The molecule has 0 saturated heterocycles. The molecule has 0 aliphatic heterocycles. The molecule has 0 saturated carbocycles. The summed E-state index contributed by atoms with van der Waals surface area (Å²) in [6.45, 7) is 6.30. The van der Waals surface area contributed by atoms with Crippen LogP contribution in [0.2, 0.25) is 0 Å². The lowest BCUT2D eigenvalue weighted by Crippen LogP contribution is -2.03. The highest BCUT2D eigenvalue weighted by atomic mass is 16.5. The van der Waals surface area contributed by atoms with Crippen LogP contribution in [-0.4, -0.2) is 11.1 Å². The second-order valence-corrected chi connectivity index (χ2v) is 5.03. The first-order valence-corrected chi connectivity index (χ1v) is 6.52. The largest absolute Gasteiger partial charge is 0.485 e. The van der Waals surface area contributed by atoms with Crippen molar-refractivity contribution >= 4 is 5.97 Å². The smallest absolute Gasteiger partial charge is 0.339 e. The zero-order valence-electron chi connectivity index (χ0n) is 11.8. The highest BCUT2D eigenvalue weighted by Crippen LogP contribution is 2.25. The molecule has 1 aromatic heterocycles. The second-order valence-electron chi connectivity index (χ2n) is 5.03. The number of carbonyl (C=O) groups is 1. The second kappa shape index (κ2) is 5.82. The normalized spacial score (nSPS) is 10.8. The van der Waals surface area contributed by atoms with E-state index in [1.165, 1.54) is 17.9 Å². The molecule has 106 valence electrons. The van der Waals surface area contributed by atoms with Gasteiger partial charge in [0, 0.05) is 0 Å². The van der Waals surface area contributed by atoms with Crippen LogP contribution in [0.3, 0.4) is 0 Å². The molecule has 20 heavy (non-hydrogen) atoms. The Morgan fingerprint density at radius 1 is 1.35 bits per heavy atom. The molecule has 0 radical (unpaired) electrons. The monoisotopic (exact) mass is 274 g/mol. The summed E-state index contributed by atoms with van der Waals surface area (Å²) in [7, 11) is 0. The molecule has 4 heteroatoms. The van der Waals surface area contributed by atoms with E-state index in [0.717, 1.165) is 11.3 Å². The SMILES string of the molecule is Cc1ccc(C(C)C)cc1OCc1occc1C(=O)O. The summed E-state index contributed by atoms with van der Waals surface area (Å²) in [6, 6.07) is 7.50. The van der Waals surface area contributed by atoms with Crippen molar-refractivity contribution in [3.8, 4) is 5.75 Å². The van der Waals surface area contributed by atoms with E-state index in [1.54, 1.807) is 0 Å². The van der Waals surface area contributed by atoms with Crippen LogP contribution < -0.4 is 4.74 Å². The van der Waals surface area contributed by atoms with Gasteiger partial charge in [0.1, 0.15) is 17.9 Å². The van der Waals surface area contributed by atoms with E-state index in [-0.39, 0.29) is 12.2 Å². The van der Waals surface area contributed by atoms with Gasteiger partial charge >= 0.3 is 5.97 Å². The summed E-state index contributed by atoms with van der Waals surface area (Å²) in [5, 5.41) is 9.01. The minimum atomic E-state index is -1.01. The minimum Gasteiger partial charge on any atom is -0.485 e. The fraction of sp³-hybridized carbons (Fsp3) is 0.312. The molecule has 0 fully saturated rings. The highest BCUT2D eigenvalue weighted by molar-refractivity contribution is 5.88. The van der Waals surface area contributed by atoms with Gasteiger partial charge in [-0.1, -0.05) is 26.0 Å². The molecule has 0 spiro atoms. The van der Waals surface area contributed by atoms with E-state index < -0.39 is 5.97 Å². The first kappa shape index (κ1) is 14.2. The van der Waals surface area contributed by atoms with Crippen molar-refractivity contribution in [2.24, 2.45) is 0 Å². The highest BCUT2D eigenvalue weighted by Gasteiger charge is 2.14. The minimum absolute atomic E-state index is 0.108. The zero-order valence-corrected chi connectivity index (χ0v) is 11.8. The van der Waals surface area contributed by atoms with Crippen molar-refractivity contribution in [2.75, 3.05) is 0 Å². The molecule has 0 aliphatic carbocycles. The van der Waals surface area contributed by atoms with Gasteiger partial charge in [0.05, 0.1) is 6.26 Å². The molecule has 1 aromatic carbocycles. The number of carboxylic acids is 1. The summed E-state index contributed by atoms with van der Waals surface area (Å²) in [5.74, 6) is 0.483. The van der Waals surface area contributed by atoms with Gasteiger partial charge in [-0.15, -0.1) is 0 Å². The van der Waals surface area contributed by atoms with Gasteiger partial charge in [-0.2, -0.15) is 0 Å². The Morgan fingerprint density at radius 2 is 2.10 bits per heavy atom. The number of furan rings is 1. The summed E-state index contributed by atoms with van der Waals surface area (Å²) in [5.41, 5.74) is 2.34. The van der Waals surface area contributed by atoms with Gasteiger partial charge in [0.25, 0.3) is 0 Å². The lowest BCUT2D eigenvalue weighted by atomic mass is 10.0. The van der Waals surface area contributed by atoms with Crippen LogP contribution in [0.5, 0.6) is 5.75 Å². The number of benzene rings is 1. The molecule has 0 aliphatic rings. The van der Waals surface area contributed by atoms with Crippen molar-refractivity contribution in [1.29, 1.82) is 0 Å². The van der Waals surface area contributed by atoms with Crippen LogP contribution in [0.4, 0.5) is 0 Å². The van der Waals surface area contributed by atoms with E-state index in [0.29, 0.717) is 11.7 Å². The fourth-order valence-corrected chi connectivity index (χ4v) is 1.92. The Hall–Kier alpha value is -2.23. The Kier molecular flexibility index (Phi) is 4.13. The maximum absolute atomic E-state index is 11.0. The quantitative estimate of drug-likeness (QED) is 0.895. The maximum Gasteiger partial charge on any atom is 0.339 e. The Balaban J connectivity index is 2.16. The number of hydrogen-bond donors (Lipinski definition) is 1. The third-order valence-corrected chi connectivity index (χ3v) is 3.21. The van der Waals surface area contributed by atoms with Gasteiger partial charge in [-0.05, 0) is 36.1 Å². The van der Waals surface area contributed by atoms with Gasteiger partial charge in [0.2, 0.25) is 0 Å². The van der Waals surface area contributed by atoms with Crippen molar-refractivity contribution in [1.82, 2.24) is 0 Å². The first-order valence-electron chi connectivity index (χ1n) is 6.52. The molecular weight excluding hydrogens is 256 g/mol. The fourth-order valence-electron chi connectivity index (χ4n) is 1.92. The van der Waals surface area contributed by atoms with Crippen LogP contribution in [0, 0.1) is 6.92 Å². The van der Waals surface area contributed by atoms with Crippen LogP contribution in [0.1, 0.15) is 47.0 Å². The third kappa shape index (κ3) is 3.02. The summed E-state index contributed by atoms with van der Waals surface area (Å²) in [6.07, 6.45) is 1.36. The van der Waals surface area contributed by atoms with E-state index in [1.807, 2.05) is 19.1 Å². The van der Waals surface area contributed by atoms with E-state index in [4.69, 9.17) is 14.3 Å². The Morgan fingerprint density at radius 3 is 2.75 bits per heavy atom. The summed E-state index contributed by atoms with van der Waals surface area (Å²) >= 11 is 0. The number of hydrogen-bond acceptors (Lipinski definition) is 3. The Labute approximate surface area is 118 Å². The number of rotatable bonds is 5. The lowest BCUT2D eigenvalue weighted by Gasteiger charge is -2.12. The number of ether oxygens (including phenoxy) is 1. The lowest BCUT2D eigenvalue weighted by molar-refractivity contribution is 0.0692. The molecule has 0 bridgehead atoms. The molecule has 1 N–H and O–H groups in total. The topological polar surface area (TPSA) is 59.7 Å². The predicted octanol–water partition coefficient (Wildman–Crippen LogP) is 3.99. The van der Waals surface area contributed by atoms with E-state index in [9.17, 15) is 4.79 Å². The van der Waals surface area contributed by atoms with Crippen molar-refractivity contribution < 1.29 is 19.1 Å². The zero-order chi connectivity index (χ0) is 14.7. The molecule has 0 amide bonds. The predicted molar refractivity (Wildman–Crippen MR) is 75.3 cm³/mol. The summed E-state index contributed by atoms with van der Waals surface area (Å²) in [4.78, 5) is 11.0. The van der Waals surface area contributed by atoms with Crippen LogP contribution in [-0.2, 0) is 6.61 Å². The third-order valence-electron chi connectivity index (χ3n) is 3.21. The van der Waals surface area contributed by atoms with Gasteiger partial charge < -0.3 is 14.3 Å². The van der Waals surface area contributed by atoms with Crippen LogP contribution >= 0.6 is 0 Å². The maximum atomic E-state index is 11.0.